The van der Waals surface area contributed by atoms with Crippen molar-refractivity contribution in [3.05, 3.63) is 0 Å². The first-order valence-corrected chi connectivity index (χ1v) is 7.88. The summed E-state index contributed by atoms with van der Waals surface area (Å²) in [4.78, 5) is 0. The summed E-state index contributed by atoms with van der Waals surface area (Å²) in [5, 5.41) is 13.2. The molecule has 2 fully saturated rings. The lowest BCUT2D eigenvalue weighted by Gasteiger charge is -2.30. The van der Waals surface area contributed by atoms with Gasteiger partial charge in [0.05, 0.1) is 12.2 Å². The second-order valence-corrected chi connectivity index (χ2v) is 6.70. The first kappa shape index (κ1) is 14.8. The Balaban J connectivity index is 1.82. The van der Waals surface area contributed by atoms with E-state index >= 15 is 0 Å². The average Bonchev–Trinajstić information content (AvgIpc) is 3.10. The van der Waals surface area contributed by atoms with Crippen molar-refractivity contribution in [1.82, 2.24) is 5.32 Å². The van der Waals surface area contributed by atoms with E-state index in [1.165, 1.54) is 25.7 Å². The Morgan fingerprint density at radius 2 is 2.05 bits per heavy atom. The van der Waals surface area contributed by atoms with Crippen LogP contribution in [0.2, 0.25) is 0 Å². The molecule has 0 radical (unpaired) electrons. The van der Waals surface area contributed by atoms with Crippen molar-refractivity contribution in [2.24, 2.45) is 11.8 Å². The van der Waals surface area contributed by atoms with Gasteiger partial charge in [0.2, 0.25) is 0 Å². The van der Waals surface area contributed by atoms with Gasteiger partial charge in [0.15, 0.2) is 0 Å². The topological polar surface area (TPSA) is 45.0 Å². The number of hydrogen-bond acceptors (Lipinski definition) is 3. The minimum Gasteiger partial charge on any atom is -0.378 e. The predicted molar refractivity (Wildman–Crippen MR) is 76.7 cm³/mol. The highest BCUT2D eigenvalue weighted by Gasteiger charge is 2.45. The van der Waals surface area contributed by atoms with Crippen LogP contribution in [-0.4, -0.2) is 24.3 Å². The van der Waals surface area contributed by atoms with E-state index in [9.17, 15) is 5.26 Å². The summed E-state index contributed by atoms with van der Waals surface area (Å²) in [6.07, 6.45) is 7.20. The molecule has 3 atom stereocenters. The van der Waals surface area contributed by atoms with Gasteiger partial charge in [0, 0.05) is 12.6 Å². The number of hydrogen-bond donors (Lipinski definition) is 1. The maximum absolute atomic E-state index is 9.61. The Bertz CT molecular complexity index is 332. The summed E-state index contributed by atoms with van der Waals surface area (Å²) in [5.74, 6) is 1.03. The molecule has 0 aromatic rings. The van der Waals surface area contributed by atoms with E-state index in [2.05, 4.69) is 32.2 Å². The molecule has 2 saturated carbocycles. The minimum atomic E-state index is -0.258. The second kappa shape index (κ2) is 6.24. The zero-order valence-electron chi connectivity index (χ0n) is 12.6. The molecule has 0 aromatic heterocycles. The van der Waals surface area contributed by atoms with Crippen LogP contribution in [0.3, 0.4) is 0 Å². The molecule has 19 heavy (non-hydrogen) atoms. The third kappa shape index (κ3) is 3.70. The standard InChI is InChI=1S/C16H28N2O/c1-12(2)13(3)19-10-8-14-5-4-9-16(14,11-17)18-15-6-7-15/h12-15,18H,4-10H2,1-3H3. The Labute approximate surface area is 117 Å². The van der Waals surface area contributed by atoms with Gasteiger partial charge < -0.3 is 4.74 Å². The Kier molecular flexibility index (Phi) is 4.86. The van der Waals surface area contributed by atoms with Crippen LogP contribution in [0.5, 0.6) is 0 Å². The molecule has 3 unspecified atom stereocenters. The summed E-state index contributed by atoms with van der Waals surface area (Å²) in [7, 11) is 0. The zero-order chi connectivity index (χ0) is 13.9. The fourth-order valence-corrected chi connectivity index (χ4v) is 3.02. The summed E-state index contributed by atoms with van der Waals surface area (Å²) >= 11 is 0. The maximum atomic E-state index is 9.61. The van der Waals surface area contributed by atoms with Crippen molar-refractivity contribution < 1.29 is 4.74 Å². The fourth-order valence-electron chi connectivity index (χ4n) is 3.02. The molecule has 2 aliphatic carbocycles. The molecule has 0 aliphatic heterocycles. The van der Waals surface area contributed by atoms with Crippen LogP contribution < -0.4 is 5.32 Å². The third-order valence-corrected chi connectivity index (χ3v) is 4.85. The van der Waals surface area contributed by atoms with E-state index in [1.807, 2.05) is 0 Å². The molecule has 0 spiro atoms. The van der Waals surface area contributed by atoms with Crippen molar-refractivity contribution in [1.29, 1.82) is 5.26 Å². The number of nitrogens with one attached hydrogen (secondary N) is 1. The third-order valence-electron chi connectivity index (χ3n) is 4.85. The zero-order valence-corrected chi connectivity index (χ0v) is 12.6. The van der Waals surface area contributed by atoms with E-state index in [-0.39, 0.29) is 5.54 Å². The summed E-state index contributed by atoms with van der Waals surface area (Å²) in [6.45, 7) is 7.31. The lowest BCUT2D eigenvalue weighted by Crippen LogP contribution is -2.48. The summed E-state index contributed by atoms with van der Waals surface area (Å²) < 4.78 is 5.89. The molecular formula is C16H28N2O. The molecule has 0 bridgehead atoms. The first-order valence-electron chi connectivity index (χ1n) is 7.88. The van der Waals surface area contributed by atoms with Crippen LogP contribution in [0.4, 0.5) is 0 Å². The van der Waals surface area contributed by atoms with Gasteiger partial charge in [-0.05, 0) is 50.9 Å². The number of nitriles is 1. The van der Waals surface area contributed by atoms with Crippen molar-refractivity contribution in [3.8, 4) is 6.07 Å². The number of ether oxygens (including phenoxy) is 1. The van der Waals surface area contributed by atoms with E-state index in [0.717, 1.165) is 19.4 Å². The molecule has 0 amide bonds. The lowest BCUT2D eigenvalue weighted by atomic mass is 9.86. The maximum Gasteiger partial charge on any atom is 0.109 e. The van der Waals surface area contributed by atoms with Gasteiger partial charge in [-0.3, -0.25) is 5.32 Å². The Morgan fingerprint density at radius 1 is 1.32 bits per heavy atom. The normalized spacial score (nSPS) is 32.5. The van der Waals surface area contributed by atoms with Crippen LogP contribution in [-0.2, 0) is 4.74 Å². The van der Waals surface area contributed by atoms with Gasteiger partial charge in [-0.25, -0.2) is 0 Å². The SMILES string of the molecule is CC(C)C(C)OCCC1CCCC1(C#N)NC1CC1. The van der Waals surface area contributed by atoms with E-state index in [4.69, 9.17) is 4.74 Å². The molecule has 3 heteroatoms. The average molecular weight is 264 g/mol. The van der Waals surface area contributed by atoms with Crippen LogP contribution in [0, 0.1) is 23.2 Å². The van der Waals surface area contributed by atoms with Crippen LogP contribution in [0.1, 0.15) is 59.3 Å². The molecule has 0 heterocycles. The highest BCUT2D eigenvalue weighted by atomic mass is 16.5. The Morgan fingerprint density at radius 3 is 2.63 bits per heavy atom. The van der Waals surface area contributed by atoms with Gasteiger partial charge in [-0.15, -0.1) is 0 Å². The van der Waals surface area contributed by atoms with Crippen molar-refractivity contribution >= 4 is 0 Å². The predicted octanol–water partition coefficient (Wildman–Crippen LogP) is 3.25. The van der Waals surface area contributed by atoms with Crippen LogP contribution in [0.15, 0.2) is 0 Å². The lowest BCUT2D eigenvalue weighted by molar-refractivity contribution is 0.0245. The van der Waals surface area contributed by atoms with Gasteiger partial charge in [0.1, 0.15) is 5.54 Å². The van der Waals surface area contributed by atoms with Gasteiger partial charge in [0.25, 0.3) is 0 Å². The first-order chi connectivity index (χ1) is 9.07. The molecule has 0 aromatic carbocycles. The summed E-state index contributed by atoms with van der Waals surface area (Å²) in [6, 6.07) is 3.20. The molecule has 108 valence electrons. The number of nitrogens with zero attached hydrogens (tertiary/aromatic N) is 1. The fraction of sp³-hybridized carbons (Fsp3) is 0.938. The van der Waals surface area contributed by atoms with Crippen LogP contribution in [0.25, 0.3) is 0 Å². The van der Waals surface area contributed by atoms with Crippen molar-refractivity contribution in [3.63, 3.8) is 0 Å². The second-order valence-electron chi connectivity index (χ2n) is 6.70. The van der Waals surface area contributed by atoms with Crippen molar-refractivity contribution in [2.75, 3.05) is 6.61 Å². The van der Waals surface area contributed by atoms with E-state index < -0.39 is 0 Å². The van der Waals surface area contributed by atoms with Crippen molar-refractivity contribution in [2.45, 2.75) is 77.0 Å². The molecule has 2 aliphatic rings. The molecule has 0 saturated heterocycles. The van der Waals surface area contributed by atoms with Gasteiger partial charge in [-0.2, -0.15) is 5.26 Å². The van der Waals surface area contributed by atoms with Crippen LogP contribution >= 0.6 is 0 Å². The molecular weight excluding hydrogens is 236 g/mol. The van der Waals surface area contributed by atoms with Gasteiger partial charge in [-0.1, -0.05) is 20.3 Å². The van der Waals surface area contributed by atoms with E-state index in [1.54, 1.807) is 0 Å². The monoisotopic (exact) mass is 264 g/mol. The quantitative estimate of drug-likeness (QED) is 0.767. The molecule has 1 N–H and O–H groups in total. The Hall–Kier alpha value is -0.590. The smallest absolute Gasteiger partial charge is 0.109 e. The highest BCUT2D eigenvalue weighted by molar-refractivity contribution is 5.16. The van der Waals surface area contributed by atoms with Gasteiger partial charge >= 0.3 is 0 Å². The highest BCUT2D eigenvalue weighted by Crippen LogP contribution is 2.40. The largest absolute Gasteiger partial charge is 0.378 e. The number of rotatable bonds is 7. The summed E-state index contributed by atoms with van der Waals surface area (Å²) in [5.41, 5.74) is -0.258. The minimum absolute atomic E-state index is 0.258. The molecule has 3 nitrogen and oxygen atoms in total. The van der Waals surface area contributed by atoms with E-state index in [0.29, 0.717) is 24.0 Å². The molecule has 2 rings (SSSR count).